The van der Waals surface area contributed by atoms with Gasteiger partial charge in [0.2, 0.25) is 11.6 Å². The molecule has 0 aliphatic heterocycles. The Morgan fingerprint density at radius 2 is 2.12 bits per heavy atom. The van der Waals surface area contributed by atoms with Crippen LogP contribution < -0.4 is 4.74 Å². The Labute approximate surface area is 142 Å². The smallest absolute Gasteiger partial charge is 0.341 e. The molecule has 0 spiro atoms. The molecular weight excluding hydrogens is 338 g/mol. The zero-order chi connectivity index (χ0) is 16.2. The Bertz CT molecular complexity index is 816. The lowest BCUT2D eigenvalue weighted by molar-refractivity contribution is 0.0696. The summed E-state index contributed by atoms with van der Waals surface area (Å²) in [6, 6.07) is 6.99. The van der Waals surface area contributed by atoms with Crippen LogP contribution in [0.4, 0.5) is 0 Å². The van der Waals surface area contributed by atoms with Gasteiger partial charge in [-0.1, -0.05) is 16.4 Å². The predicted octanol–water partition coefficient (Wildman–Crippen LogP) is 2.77. The molecule has 3 rings (SSSR count). The number of rotatable bonds is 6. The highest BCUT2D eigenvalue weighted by molar-refractivity contribution is 5.94. The van der Waals surface area contributed by atoms with E-state index in [1.807, 2.05) is 6.07 Å². The minimum absolute atomic E-state index is 0. The molecule has 0 bridgehead atoms. The number of ether oxygens (including phenoxy) is 1. The molecule has 0 amide bonds. The van der Waals surface area contributed by atoms with Gasteiger partial charge in [0.25, 0.3) is 0 Å². The quantitative estimate of drug-likeness (QED) is 0.721. The minimum Gasteiger partial charge on any atom is -0.477 e. The molecule has 0 atom stereocenters. The molecule has 9 heteroatoms. The van der Waals surface area contributed by atoms with E-state index in [1.165, 1.54) is 0 Å². The van der Waals surface area contributed by atoms with Crippen LogP contribution in [0.3, 0.4) is 0 Å². The van der Waals surface area contributed by atoms with E-state index in [1.54, 1.807) is 31.3 Å². The summed E-state index contributed by atoms with van der Waals surface area (Å²) < 4.78 is 15.7. The molecule has 0 aromatic carbocycles. The molecule has 1 N–H and O–H groups in total. The number of hydrogen-bond acceptors (Lipinski definition) is 7. The molecule has 0 aliphatic carbocycles. The topological polar surface area (TPSA) is 111 Å². The lowest BCUT2D eigenvalue weighted by atomic mass is 10.1. The van der Waals surface area contributed by atoms with Crippen molar-refractivity contribution in [3.8, 4) is 17.3 Å². The van der Waals surface area contributed by atoms with E-state index in [0.717, 1.165) is 0 Å². The predicted molar refractivity (Wildman–Crippen MR) is 84.4 cm³/mol. The average Bonchev–Trinajstić information content (AvgIpc) is 3.15. The number of carboxylic acid groups (broad SMARTS) is 1. The van der Waals surface area contributed by atoms with Crippen molar-refractivity contribution in [3.63, 3.8) is 0 Å². The number of aromatic carboxylic acids is 1. The number of pyridine rings is 1. The van der Waals surface area contributed by atoms with Crippen LogP contribution in [0.1, 0.15) is 21.8 Å². The number of aromatic nitrogens is 3. The molecule has 3 heterocycles. The van der Waals surface area contributed by atoms with Crippen LogP contribution in [0, 0.1) is 6.92 Å². The van der Waals surface area contributed by atoms with Gasteiger partial charge in [-0.2, -0.15) is 0 Å². The zero-order valence-electron chi connectivity index (χ0n) is 12.6. The summed E-state index contributed by atoms with van der Waals surface area (Å²) in [7, 11) is 0. The van der Waals surface area contributed by atoms with Gasteiger partial charge in [-0.3, -0.25) is 0 Å². The number of nitrogens with zero attached hydrogens (tertiary/aromatic N) is 3. The molecule has 0 radical (unpaired) electrons. The molecule has 8 nitrogen and oxygen atoms in total. The average molecular weight is 352 g/mol. The number of halogens is 1. The van der Waals surface area contributed by atoms with Gasteiger partial charge in [-0.15, -0.1) is 12.4 Å². The fraction of sp³-hybridized carbons (Fsp3) is 0.200. The fourth-order valence-electron chi connectivity index (χ4n) is 2.02. The molecule has 0 fully saturated rings. The van der Waals surface area contributed by atoms with Crippen LogP contribution in [-0.2, 0) is 6.42 Å². The summed E-state index contributed by atoms with van der Waals surface area (Å²) >= 11 is 0. The Balaban J connectivity index is 0.00000208. The van der Waals surface area contributed by atoms with E-state index in [9.17, 15) is 9.90 Å². The second-order valence-electron chi connectivity index (χ2n) is 4.72. The molecule has 0 aliphatic rings. The molecule has 3 aromatic heterocycles. The van der Waals surface area contributed by atoms with Gasteiger partial charge < -0.3 is 18.9 Å². The van der Waals surface area contributed by atoms with Crippen molar-refractivity contribution < 1.29 is 23.7 Å². The number of aryl methyl sites for hydroxylation is 1. The first-order chi connectivity index (χ1) is 11.1. The normalized spacial score (nSPS) is 10.2. The first kappa shape index (κ1) is 17.5. The molecule has 24 heavy (non-hydrogen) atoms. The molecule has 126 valence electrons. The highest BCUT2D eigenvalue weighted by Crippen LogP contribution is 2.26. The SMILES string of the molecule is Cc1noc(-c2cc(CCOc3ccccn3)on2)c1C(=O)O.Cl. The summed E-state index contributed by atoms with van der Waals surface area (Å²) in [4.78, 5) is 15.3. The van der Waals surface area contributed by atoms with Gasteiger partial charge >= 0.3 is 5.97 Å². The van der Waals surface area contributed by atoms with Gasteiger partial charge in [0, 0.05) is 24.8 Å². The fourth-order valence-corrected chi connectivity index (χ4v) is 2.02. The summed E-state index contributed by atoms with van der Waals surface area (Å²) in [6.07, 6.45) is 2.10. The largest absolute Gasteiger partial charge is 0.477 e. The van der Waals surface area contributed by atoms with Gasteiger partial charge in [0.15, 0.2) is 5.69 Å². The van der Waals surface area contributed by atoms with Crippen LogP contribution >= 0.6 is 12.4 Å². The Kier molecular flexibility index (Phi) is 5.54. The van der Waals surface area contributed by atoms with Crippen molar-refractivity contribution in [1.82, 2.24) is 15.3 Å². The van der Waals surface area contributed by atoms with E-state index < -0.39 is 5.97 Å². The minimum atomic E-state index is -1.12. The van der Waals surface area contributed by atoms with Crippen molar-refractivity contribution in [2.24, 2.45) is 0 Å². The highest BCUT2D eigenvalue weighted by Gasteiger charge is 2.23. The first-order valence-corrected chi connectivity index (χ1v) is 6.84. The highest BCUT2D eigenvalue weighted by atomic mass is 35.5. The standard InChI is InChI=1S/C15H13N3O5.ClH/c1-9-13(15(19)20)14(23-17-9)11-8-10(22-18-11)5-7-21-12-4-2-3-6-16-12;/h2-4,6,8H,5,7H2,1H3,(H,19,20);1H. The lowest BCUT2D eigenvalue weighted by Crippen LogP contribution is -2.01. The summed E-state index contributed by atoms with van der Waals surface area (Å²) in [5, 5.41) is 16.7. The van der Waals surface area contributed by atoms with E-state index in [2.05, 4.69) is 15.3 Å². The van der Waals surface area contributed by atoms with Gasteiger partial charge in [-0.25, -0.2) is 9.78 Å². The van der Waals surface area contributed by atoms with E-state index in [0.29, 0.717) is 24.7 Å². The first-order valence-electron chi connectivity index (χ1n) is 6.84. The third-order valence-corrected chi connectivity index (χ3v) is 3.10. The van der Waals surface area contributed by atoms with Crippen molar-refractivity contribution in [2.45, 2.75) is 13.3 Å². The summed E-state index contributed by atoms with van der Waals surface area (Å²) in [6.45, 7) is 1.91. The van der Waals surface area contributed by atoms with E-state index >= 15 is 0 Å². The molecule has 0 saturated heterocycles. The third kappa shape index (κ3) is 3.72. The maximum Gasteiger partial charge on any atom is 0.341 e. The number of carboxylic acids is 1. The van der Waals surface area contributed by atoms with Crippen LogP contribution in [-0.4, -0.2) is 33.0 Å². The van der Waals surface area contributed by atoms with E-state index in [4.69, 9.17) is 13.8 Å². The van der Waals surface area contributed by atoms with Crippen molar-refractivity contribution in [2.75, 3.05) is 6.61 Å². The molecule has 0 unspecified atom stereocenters. The van der Waals surface area contributed by atoms with Crippen molar-refractivity contribution >= 4 is 18.4 Å². The van der Waals surface area contributed by atoms with Gasteiger partial charge in [0.05, 0.1) is 12.3 Å². The third-order valence-electron chi connectivity index (χ3n) is 3.10. The summed E-state index contributed by atoms with van der Waals surface area (Å²) in [5.74, 6) is 0.0185. The van der Waals surface area contributed by atoms with E-state index in [-0.39, 0.29) is 35.1 Å². The van der Waals surface area contributed by atoms with Gasteiger partial charge in [0.1, 0.15) is 11.3 Å². The zero-order valence-corrected chi connectivity index (χ0v) is 13.4. The number of hydrogen-bond donors (Lipinski definition) is 1. The molecular formula is C15H14ClN3O5. The Hall–Kier alpha value is -2.87. The van der Waals surface area contributed by atoms with Crippen LogP contribution in [0.2, 0.25) is 0 Å². The van der Waals surface area contributed by atoms with Gasteiger partial charge in [-0.05, 0) is 13.0 Å². The number of carbonyl (C=O) groups is 1. The Morgan fingerprint density at radius 1 is 1.29 bits per heavy atom. The van der Waals surface area contributed by atoms with Crippen LogP contribution in [0.5, 0.6) is 5.88 Å². The van der Waals surface area contributed by atoms with Crippen molar-refractivity contribution in [3.05, 3.63) is 47.5 Å². The molecule has 3 aromatic rings. The molecule has 0 saturated carbocycles. The lowest BCUT2D eigenvalue weighted by Gasteiger charge is -2.01. The van der Waals surface area contributed by atoms with Crippen molar-refractivity contribution in [1.29, 1.82) is 0 Å². The summed E-state index contributed by atoms with van der Waals surface area (Å²) in [5.41, 5.74) is 0.556. The van der Waals surface area contributed by atoms with Crippen LogP contribution in [0.25, 0.3) is 11.5 Å². The monoisotopic (exact) mass is 351 g/mol. The maximum absolute atomic E-state index is 11.2. The Morgan fingerprint density at radius 3 is 2.83 bits per heavy atom. The second-order valence-corrected chi connectivity index (χ2v) is 4.72. The van der Waals surface area contributed by atoms with Crippen LogP contribution in [0.15, 0.2) is 39.5 Å². The second kappa shape index (κ2) is 7.60. The maximum atomic E-state index is 11.2.